The molecule has 2 N–H and O–H groups in total. The fourth-order valence-corrected chi connectivity index (χ4v) is 2.02. The number of carbonyl (C=O) groups excluding carboxylic acids is 3. The highest BCUT2D eigenvalue weighted by Crippen LogP contribution is 2.13. The van der Waals surface area contributed by atoms with Crippen LogP contribution < -0.4 is 10.6 Å². The molecule has 1 atom stereocenters. The fourth-order valence-electron chi connectivity index (χ4n) is 2.02. The minimum Gasteiger partial charge on any atom is -0.449 e. The van der Waals surface area contributed by atoms with Crippen LogP contribution >= 0.6 is 0 Å². The highest BCUT2D eigenvalue weighted by Gasteiger charge is 2.19. The van der Waals surface area contributed by atoms with Gasteiger partial charge >= 0.3 is 5.97 Å². The van der Waals surface area contributed by atoms with Crippen LogP contribution in [0.5, 0.6) is 0 Å². The lowest BCUT2D eigenvalue weighted by atomic mass is 10.2. The summed E-state index contributed by atoms with van der Waals surface area (Å²) in [6, 6.07) is 15.3. The Morgan fingerprint density at radius 3 is 2.32 bits per heavy atom. The van der Waals surface area contributed by atoms with Crippen molar-refractivity contribution in [2.24, 2.45) is 0 Å². The van der Waals surface area contributed by atoms with Crippen LogP contribution in [0.15, 0.2) is 54.6 Å². The van der Waals surface area contributed by atoms with E-state index in [9.17, 15) is 14.4 Å². The molecule has 1 unspecified atom stereocenters. The molecule has 2 aromatic carbocycles. The Kier molecular flexibility index (Phi) is 6.28. The first-order valence-corrected chi connectivity index (χ1v) is 7.96. The van der Waals surface area contributed by atoms with Gasteiger partial charge in [-0.05, 0) is 37.3 Å². The number of anilines is 2. The van der Waals surface area contributed by atoms with Gasteiger partial charge in [-0.1, -0.05) is 31.2 Å². The molecule has 2 amide bonds. The van der Waals surface area contributed by atoms with Gasteiger partial charge in [0.15, 0.2) is 6.10 Å². The molecule has 0 fully saturated rings. The Labute approximate surface area is 146 Å². The van der Waals surface area contributed by atoms with Gasteiger partial charge in [0.05, 0.1) is 5.56 Å². The fraction of sp³-hybridized carbons (Fsp3) is 0.211. The standard InChI is InChI=1S/C19H20N2O4/c1-3-17(22)20-16-11-7-8-14(12-16)19(24)25-13(2)18(23)21-15-9-5-4-6-10-15/h4-13H,3H2,1-2H3,(H,20,22)(H,21,23). The lowest BCUT2D eigenvalue weighted by Crippen LogP contribution is -2.30. The highest BCUT2D eigenvalue weighted by atomic mass is 16.5. The average Bonchev–Trinajstić information content (AvgIpc) is 2.62. The molecule has 0 radical (unpaired) electrons. The van der Waals surface area contributed by atoms with Crippen molar-refractivity contribution in [3.8, 4) is 0 Å². The van der Waals surface area contributed by atoms with E-state index in [1.807, 2.05) is 6.07 Å². The van der Waals surface area contributed by atoms with Gasteiger partial charge in [-0.15, -0.1) is 0 Å². The normalized spacial score (nSPS) is 11.3. The Bertz CT molecular complexity index is 759. The molecule has 0 aliphatic carbocycles. The maximum Gasteiger partial charge on any atom is 0.338 e. The Balaban J connectivity index is 1.97. The van der Waals surface area contributed by atoms with Crippen LogP contribution in [-0.2, 0) is 14.3 Å². The van der Waals surface area contributed by atoms with E-state index >= 15 is 0 Å². The minimum atomic E-state index is -0.957. The van der Waals surface area contributed by atoms with Crippen LogP contribution in [0.3, 0.4) is 0 Å². The molecule has 0 heterocycles. The number of hydrogen-bond donors (Lipinski definition) is 2. The molecule has 6 nitrogen and oxygen atoms in total. The summed E-state index contributed by atoms with van der Waals surface area (Å²) in [5, 5.41) is 5.34. The van der Waals surface area contributed by atoms with Gasteiger partial charge in [0.2, 0.25) is 5.91 Å². The van der Waals surface area contributed by atoms with Crippen molar-refractivity contribution in [2.45, 2.75) is 26.4 Å². The van der Waals surface area contributed by atoms with E-state index < -0.39 is 18.0 Å². The van der Waals surface area contributed by atoms with Crippen molar-refractivity contribution in [2.75, 3.05) is 10.6 Å². The van der Waals surface area contributed by atoms with Crippen LogP contribution in [0.4, 0.5) is 11.4 Å². The first-order chi connectivity index (χ1) is 12.0. The van der Waals surface area contributed by atoms with Crippen molar-refractivity contribution in [3.63, 3.8) is 0 Å². The Hall–Kier alpha value is -3.15. The van der Waals surface area contributed by atoms with Crippen molar-refractivity contribution in [3.05, 3.63) is 60.2 Å². The van der Waals surface area contributed by atoms with E-state index in [0.717, 1.165) is 0 Å². The molecule has 0 aliphatic rings. The van der Waals surface area contributed by atoms with E-state index in [0.29, 0.717) is 17.8 Å². The molecule has 0 bridgehead atoms. The van der Waals surface area contributed by atoms with Crippen LogP contribution in [0, 0.1) is 0 Å². The summed E-state index contributed by atoms with van der Waals surface area (Å²) < 4.78 is 5.19. The number of para-hydroxylation sites is 1. The molecule has 130 valence electrons. The maximum atomic E-state index is 12.2. The zero-order valence-corrected chi connectivity index (χ0v) is 14.1. The van der Waals surface area contributed by atoms with Gasteiger partial charge < -0.3 is 15.4 Å². The zero-order chi connectivity index (χ0) is 18.2. The number of ether oxygens (including phenoxy) is 1. The Morgan fingerprint density at radius 2 is 1.64 bits per heavy atom. The molecule has 0 aromatic heterocycles. The second-order valence-corrected chi connectivity index (χ2v) is 5.39. The molecule has 2 aromatic rings. The maximum absolute atomic E-state index is 12.2. The van der Waals surface area contributed by atoms with Crippen molar-refractivity contribution in [1.29, 1.82) is 0 Å². The predicted molar refractivity (Wildman–Crippen MR) is 95.3 cm³/mol. The van der Waals surface area contributed by atoms with Crippen molar-refractivity contribution < 1.29 is 19.1 Å². The number of amides is 2. The molecule has 0 saturated heterocycles. The number of rotatable bonds is 6. The Morgan fingerprint density at radius 1 is 0.960 bits per heavy atom. The number of benzene rings is 2. The first-order valence-electron chi connectivity index (χ1n) is 7.96. The van der Waals surface area contributed by atoms with E-state index in [1.54, 1.807) is 49.4 Å². The molecule has 25 heavy (non-hydrogen) atoms. The van der Waals surface area contributed by atoms with Gasteiger partial charge in [-0.25, -0.2) is 4.79 Å². The van der Waals surface area contributed by atoms with Crippen LogP contribution in [-0.4, -0.2) is 23.9 Å². The zero-order valence-electron chi connectivity index (χ0n) is 14.1. The summed E-state index contributed by atoms with van der Waals surface area (Å²) in [4.78, 5) is 35.7. The number of nitrogens with one attached hydrogen (secondary N) is 2. The van der Waals surface area contributed by atoms with Gasteiger partial charge in [0.1, 0.15) is 0 Å². The third-order valence-electron chi connectivity index (χ3n) is 3.40. The van der Waals surface area contributed by atoms with E-state index in [2.05, 4.69) is 10.6 Å². The number of carbonyl (C=O) groups is 3. The summed E-state index contributed by atoms with van der Waals surface area (Å²) in [6.07, 6.45) is -0.618. The molecule has 0 aliphatic heterocycles. The van der Waals surface area contributed by atoms with E-state index in [-0.39, 0.29) is 11.5 Å². The minimum absolute atomic E-state index is 0.152. The first kappa shape index (κ1) is 18.2. The van der Waals surface area contributed by atoms with E-state index in [4.69, 9.17) is 4.74 Å². The van der Waals surface area contributed by atoms with Gasteiger partial charge in [0, 0.05) is 17.8 Å². The largest absolute Gasteiger partial charge is 0.449 e. The van der Waals surface area contributed by atoms with Crippen LogP contribution in [0.1, 0.15) is 30.6 Å². The smallest absolute Gasteiger partial charge is 0.338 e. The summed E-state index contributed by atoms with van der Waals surface area (Å²) in [5.41, 5.74) is 1.38. The quantitative estimate of drug-likeness (QED) is 0.791. The number of esters is 1. The third-order valence-corrected chi connectivity index (χ3v) is 3.40. The number of hydrogen-bond acceptors (Lipinski definition) is 4. The van der Waals surface area contributed by atoms with Gasteiger partial charge in [0.25, 0.3) is 5.91 Å². The highest BCUT2D eigenvalue weighted by molar-refractivity contribution is 5.98. The summed E-state index contributed by atoms with van der Waals surface area (Å²) in [5.74, 6) is -1.21. The molecule has 0 saturated carbocycles. The van der Waals surface area contributed by atoms with Gasteiger partial charge in [-0.2, -0.15) is 0 Å². The average molecular weight is 340 g/mol. The predicted octanol–water partition coefficient (Wildman–Crippen LogP) is 3.22. The van der Waals surface area contributed by atoms with Crippen molar-refractivity contribution in [1.82, 2.24) is 0 Å². The van der Waals surface area contributed by atoms with E-state index in [1.165, 1.54) is 13.0 Å². The molecular weight excluding hydrogens is 320 g/mol. The third kappa shape index (κ3) is 5.46. The van der Waals surface area contributed by atoms with Crippen LogP contribution in [0.25, 0.3) is 0 Å². The summed E-state index contributed by atoms with van der Waals surface area (Å²) in [6.45, 7) is 3.24. The molecule has 2 rings (SSSR count). The molecule has 6 heteroatoms. The monoisotopic (exact) mass is 340 g/mol. The van der Waals surface area contributed by atoms with Gasteiger partial charge in [-0.3, -0.25) is 9.59 Å². The van der Waals surface area contributed by atoms with Crippen LogP contribution in [0.2, 0.25) is 0 Å². The molecular formula is C19H20N2O4. The SMILES string of the molecule is CCC(=O)Nc1cccc(C(=O)OC(C)C(=O)Nc2ccccc2)c1. The topological polar surface area (TPSA) is 84.5 Å². The lowest BCUT2D eigenvalue weighted by molar-refractivity contribution is -0.123. The second kappa shape index (κ2) is 8.63. The summed E-state index contributed by atoms with van der Waals surface area (Å²) >= 11 is 0. The molecule has 0 spiro atoms. The lowest BCUT2D eigenvalue weighted by Gasteiger charge is -2.14. The second-order valence-electron chi connectivity index (χ2n) is 5.39. The van der Waals surface area contributed by atoms with Crippen molar-refractivity contribution >= 4 is 29.2 Å². The summed E-state index contributed by atoms with van der Waals surface area (Å²) in [7, 11) is 0.